The molecule has 2 aromatic carbocycles. The summed E-state index contributed by atoms with van der Waals surface area (Å²) in [5.41, 5.74) is 3.00. The molecule has 0 bridgehead atoms. The smallest absolute Gasteiger partial charge is 0.253 e. The molecule has 0 aliphatic carbocycles. The van der Waals surface area contributed by atoms with Crippen molar-refractivity contribution in [2.75, 3.05) is 6.54 Å². The van der Waals surface area contributed by atoms with Gasteiger partial charge in [0.05, 0.1) is 10.4 Å². The van der Waals surface area contributed by atoms with E-state index in [1.807, 2.05) is 29.6 Å². The number of benzene rings is 2. The molecule has 7 heteroatoms. The van der Waals surface area contributed by atoms with Gasteiger partial charge >= 0.3 is 0 Å². The zero-order valence-corrected chi connectivity index (χ0v) is 16.5. The molecular weight excluding hydrogens is 386 g/mol. The van der Waals surface area contributed by atoms with Crippen molar-refractivity contribution in [3.63, 3.8) is 0 Å². The van der Waals surface area contributed by atoms with Crippen LogP contribution in [0.4, 0.5) is 0 Å². The van der Waals surface area contributed by atoms with Gasteiger partial charge in [-0.25, -0.2) is 4.98 Å². The highest BCUT2D eigenvalue weighted by atomic mass is 32.1. The van der Waals surface area contributed by atoms with Gasteiger partial charge in [0, 0.05) is 12.1 Å². The first-order valence-electron chi connectivity index (χ1n) is 9.16. The number of amides is 1. The Balaban J connectivity index is 1.49. The fourth-order valence-electron chi connectivity index (χ4n) is 3.11. The molecule has 6 nitrogen and oxygen atoms in total. The first kappa shape index (κ1) is 18.9. The van der Waals surface area contributed by atoms with Crippen LogP contribution in [-0.2, 0) is 6.42 Å². The summed E-state index contributed by atoms with van der Waals surface area (Å²) in [4.78, 5) is 32.6. The lowest BCUT2D eigenvalue weighted by Gasteiger charge is -2.07. The number of rotatable bonds is 6. The number of H-pyrrole nitrogens is 1. The molecule has 0 unspecified atom stereocenters. The summed E-state index contributed by atoms with van der Waals surface area (Å²) in [7, 11) is 0. The van der Waals surface area contributed by atoms with Gasteiger partial charge in [-0.1, -0.05) is 30.3 Å². The molecule has 0 radical (unpaired) electrons. The lowest BCUT2D eigenvalue weighted by atomic mass is 10.1. The summed E-state index contributed by atoms with van der Waals surface area (Å²) >= 11 is 1.53. The average Bonchev–Trinajstić information content (AvgIpc) is 3.39. The van der Waals surface area contributed by atoms with E-state index in [9.17, 15) is 14.7 Å². The molecule has 0 spiro atoms. The number of Topliss-reactive ketones (excluding diaryl/α,β-unsaturated/α-hetero) is 1. The number of phenols is 1. The van der Waals surface area contributed by atoms with Crippen molar-refractivity contribution in [2.24, 2.45) is 0 Å². The second-order valence-electron chi connectivity index (χ2n) is 6.68. The van der Waals surface area contributed by atoms with Crippen LogP contribution in [0.15, 0.2) is 53.9 Å². The van der Waals surface area contributed by atoms with Gasteiger partial charge in [-0.15, -0.1) is 11.3 Å². The molecular formula is C22H19N3O3S. The Kier molecular flexibility index (Phi) is 5.14. The van der Waals surface area contributed by atoms with E-state index in [0.717, 1.165) is 10.4 Å². The van der Waals surface area contributed by atoms with E-state index in [1.54, 1.807) is 18.2 Å². The summed E-state index contributed by atoms with van der Waals surface area (Å²) in [6.45, 7) is 1.98. The van der Waals surface area contributed by atoms with E-state index in [1.165, 1.54) is 24.3 Å². The summed E-state index contributed by atoms with van der Waals surface area (Å²) in [5, 5.41) is 15.0. The Morgan fingerprint density at radius 1 is 1.14 bits per heavy atom. The number of phenolic OH excluding ortho intramolecular Hbond substituents is 1. The topological polar surface area (TPSA) is 95.1 Å². The van der Waals surface area contributed by atoms with Crippen molar-refractivity contribution in [3.05, 3.63) is 70.6 Å². The standard InChI is InChI=1S/C22H19N3O3S/c1-13(26)15-6-4-14(5-7-15)10-11-23-22(28)16-8-9-17(27)20-19(16)24-21(25-20)18-3-2-12-29-18/h2-9,12,27H,10-11H2,1H3,(H,23,28)(H,24,25). The highest BCUT2D eigenvalue weighted by Crippen LogP contribution is 2.30. The summed E-state index contributed by atoms with van der Waals surface area (Å²) in [6, 6.07) is 14.3. The second kappa shape index (κ2) is 7.89. The number of imidazole rings is 1. The summed E-state index contributed by atoms with van der Waals surface area (Å²) in [6.07, 6.45) is 0.645. The Morgan fingerprint density at radius 2 is 1.93 bits per heavy atom. The minimum absolute atomic E-state index is 0.0297. The summed E-state index contributed by atoms with van der Waals surface area (Å²) in [5.74, 6) is 0.454. The molecule has 2 heterocycles. The molecule has 0 saturated heterocycles. The quantitative estimate of drug-likeness (QED) is 0.420. The third kappa shape index (κ3) is 3.90. The number of nitrogens with zero attached hydrogens (tertiary/aromatic N) is 1. The lowest BCUT2D eigenvalue weighted by molar-refractivity contribution is 0.0954. The Bertz CT molecular complexity index is 1180. The van der Waals surface area contributed by atoms with Crippen LogP contribution in [0.3, 0.4) is 0 Å². The number of hydrogen-bond donors (Lipinski definition) is 3. The predicted molar refractivity (Wildman–Crippen MR) is 114 cm³/mol. The number of aromatic hydroxyl groups is 1. The molecule has 0 saturated carbocycles. The molecule has 1 amide bonds. The number of hydrogen-bond acceptors (Lipinski definition) is 5. The first-order chi connectivity index (χ1) is 14.0. The molecule has 3 N–H and O–H groups in total. The highest BCUT2D eigenvalue weighted by molar-refractivity contribution is 7.13. The number of fused-ring (bicyclic) bond motifs is 1. The molecule has 29 heavy (non-hydrogen) atoms. The average molecular weight is 405 g/mol. The van der Waals surface area contributed by atoms with Crippen molar-refractivity contribution >= 4 is 34.1 Å². The van der Waals surface area contributed by atoms with Gasteiger partial charge < -0.3 is 15.4 Å². The van der Waals surface area contributed by atoms with Crippen LogP contribution in [0.2, 0.25) is 0 Å². The van der Waals surface area contributed by atoms with E-state index in [0.29, 0.717) is 41.0 Å². The molecule has 2 aromatic heterocycles. The zero-order valence-electron chi connectivity index (χ0n) is 15.7. The maximum absolute atomic E-state index is 12.7. The number of aromatic nitrogens is 2. The van der Waals surface area contributed by atoms with Crippen LogP contribution in [0.1, 0.15) is 33.2 Å². The maximum Gasteiger partial charge on any atom is 0.253 e. The minimum atomic E-state index is -0.250. The summed E-state index contributed by atoms with van der Waals surface area (Å²) < 4.78 is 0. The van der Waals surface area contributed by atoms with E-state index in [-0.39, 0.29) is 17.4 Å². The van der Waals surface area contributed by atoms with Crippen molar-refractivity contribution < 1.29 is 14.7 Å². The highest BCUT2D eigenvalue weighted by Gasteiger charge is 2.17. The Morgan fingerprint density at radius 3 is 2.62 bits per heavy atom. The number of carbonyl (C=O) groups is 2. The zero-order chi connectivity index (χ0) is 20.4. The molecule has 0 fully saturated rings. The fourth-order valence-corrected chi connectivity index (χ4v) is 3.78. The maximum atomic E-state index is 12.7. The van der Waals surface area contributed by atoms with Gasteiger partial charge in [0.15, 0.2) is 5.78 Å². The van der Waals surface area contributed by atoms with E-state index >= 15 is 0 Å². The van der Waals surface area contributed by atoms with Crippen LogP contribution in [-0.4, -0.2) is 33.3 Å². The minimum Gasteiger partial charge on any atom is -0.506 e. The predicted octanol–water partition coefficient (Wildman–Crippen LogP) is 4.17. The van der Waals surface area contributed by atoms with Gasteiger partial charge in [-0.05, 0) is 42.5 Å². The Labute approximate surface area is 171 Å². The fraction of sp³-hybridized carbons (Fsp3) is 0.136. The molecule has 0 aliphatic rings. The number of thiophene rings is 1. The van der Waals surface area contributed by atoms with Crippen LogP contribution in [0.25, 0.3) is 21.7 Å². The molecule has 4 aromatic rings. The monoisotopic (exact) mass is 405 g/mol. The van der Waals surface area contributed by atoms with Crippen LogP contribution >= 0.6 is 11.3 Å². The molecule has 0 atom stereocenters. The largest absolute Gasteiger partial charge is 0.506 e. The lowest BCUT2D eigenvalue weighted by Crippen LogP contribution is -2.26. The third-order valence-electron chi connectivity index (χ3n) is 4.68. The van der Waals surface area contributed by atoms with Crippen molar-refractivity contribution in [1.29, 1.82) is 0 Å². The normalized spacial score (nSPS) is 10.9. The molecule has 146 valence electrons. The van der Waals surface area contributed by atoms with Crippen LogP contribution in [0.5, 0.6) is 5.75 Å². The number of nitrogens with one attached hydrogen (secondary N) is 2. The second-order valence-corrected chi connectivity index (χ2v) is 7.63. The van der Waals surface area contributed by atoms with Crippen molar-refractivity contribution in [1.82, 2.24) is 15.3 Å². The number of carbonyl (C=O) groups excluding carboxylic acids is 2. The number of ketones is 1. The van der Waals surface area contributed by atoms with E-state index in [2.05, 4.69) is 15.3 Å². The Hall–Kier alpha value is -3.45. The third-order valence-corrected chi connectivity index (χ3v) is 5.56. The van der Waals surface area contributed by atoms with Crippen molar-refractivity contribution in [2.45, 2.75) is 13.3 Å². The van der Waals surface area contributed by atoms with Gasteiger partial charge in [0.25, 0.3) is 5.91 Å². The van der Waals surface area contributed by atoms with Gasteiger partial charge in [0.2, 0.25) is 0 Å². The number of aromatic amines is 1. The van der Waals surface area contributed by atoms with Gasteiger partial charge in [-0.3, -0.25) is 9.59 Å². The van der Waals surface area contributed by atoms with E-state index < -0.39 is 0 Å². The van der Waals surface area contributed by atoms with E-state index in [4.69, 9.17) is 0 Å². The molecule has 0 aliphatic heterocycles. The van der Waals surface area contributed by atoms with Gasteiger partial charge in [0.1, 0.15) is 22.6 Å². The van der Waals surface area contributed by atoms with Gasteiger partial charge in [-0.2, -0.15) is 0 Å². The molecule has 4 rings (SSSR count). The van der Waals surface area contributed by atoms with Crippen molar-refractivity contribution in [3.8, 4) is 16.5 Å². The first-order valence-corrected chi connectivity index (χ1v) is 10.0. The van der Waals surface area contributed by atoms with Crippen LogP contribution < -0.4 is 5.32 Å². The SMILES string of the molecule is CC(=O)c1ccc(CCNC(=O)c2ccc(O)c3[nH]c(-c4cccs4)nc23)cc1. The van der Waals surface area contributed by atoms with Crippen LogP contribution in [0, 0.1) is 0 Å².